The van der Waals surface area contributed by atoms with Gasteiger partial charge in [0.05, 0.1) is 0 Å². The predicted octanol–water partition coefficient (Wildman–Crippen LogP) is -1.66. The smallest absolute Gasteiger partial charge is 0.303 e. The third-order valence-corrected chi connectivity index (χ3v) is 5.05. The molecule has 1 fully saturated rings. The molecule has 5 unspecified atom stereocenters. The Morgan fingerprint density at radius 1 is 1.13 bits per heavy atom. The van der Waals surface area contributed by atoms with Gasteiger partial charge in [-0.05, 0) is 15.9 Å². The molecule has 3 heterocycles. The second-order valence-electron chi connectivity index (χ2n) is 6.68. The van der Waals surface area contributed by atoms with Crippen LogP contribution in [0.1, 0.15) is 20.8 Å². The molecule has 6 atom stereocenters. The number of amides is 1. The van der Waals surface area contributed by atoms with Gasteiger partial charge in [0, 0.05) is 20.8 Å². The number of ether oxygens (including phenoxy) is 4. The summed E-state index contributed by atoms with van der Waals surface area (Å²) in [5, 5.41) is 2.38. The van der Waals surface area contributed by atoms with E-state index in [1.807, 2.05) is 0 Å². The van der Waals surface area contributed by atoms with E-state index >= 15 is 0 Å². The number of halogens is 1. The number of nitrogens with two attached hydrogens (primary N) is 1. The van der Waals surface area contributed by atoms with Crippen molar-refractivity contribution < 1.29 is 38.1 Å². The number of rotatable bonds is 5. The zero-order valence-electron chi connectivity index (χ0n) is 16.2. The predicted molar refractivity (Wildman–Crippen MR) is 102 cm³/mol. The minimum absolute atomic E-state index is 0.112. The number of nitrogens with one attached hydrogen (secondary N) is 1. The molecule has 0 bridgehead atoms. The van der Waals surface area contributed by atoms with Crippen molar-refractivity contribution in [3.63, 3.8) is 0 Å². The monoisotopic (exact) mass is 489 g/mol. The van der Waals surface area contributed by atoms with Crippen LogP contribution in [-0.4, -0.2) is 82.8 Å². The van der Waals surface area contributed by atoms with E-state index in [1.165, 1.54) is 25.7 Å². The van der Waals surface area contributed by atoms with Crippen molar-refractivity contribution in [1.82, 2.24) is 10.2 Å². The first-order chi connectivity index (χ1) is 14.1. The van der Waals surface area contributed by atoms with Crippen LogP contribution in [0.25, 0.3) is 0 Å². The molecule has 1 saturated heterocycles. The van der Waals surface area contributed by atoms with Crippen molar-refractivity contribution in [2.24, 2.45) is 15.7 Å². The summed E-state index contributed by atoms with van der Waals surface area (Å²) in [5.74, 6) is -2.47. The molecule has 1 amide bonds. The fourth-order valence-corrected chi connectivity index (χ4v) is 4.02. The van der Waals surface area contributed by atoms with Crippen LogP contribution in [0, 0.1) is 0 Å². The number of fused-ring (bicyclic) bond motifs is 1. The molecular formula is C16H20BrN5O8. The molecule has 3 N–H and O–H groups in total. The van der Waals surface area contributed by atoms with E-state index in [4.69, 9.17) is 24.7 Å². The molecule has 0 aromatic carbocycles. The lowest BCUT2D eigenvalue weighted by molar-refractivity contribution is -0.167. The van der Waals surface area contributed by atoms with E-state index < -0.39 is 60.6 Å². The molecule has 3 aliphatic heterocycles. The molecule has 0 aromatic rings. The average Bonchev–Trinajstić information content (AvgIpc) is 3.10. The maximum atomic E-state index is 12.2. The lowest BCUT2D eigenvalue weighted by Crippen LogP contribution is -2.58. The molecule has 0 aromatic heterocycles. The Hall–Kier alpha value is -2.74. The quantitative estimate of drug-likeness (QED) is 0.258. The number of carbonyl (C=O) groups excluding carboxylic acids is 4. The van der Waals surface area contributed by atoms with Crippen LogP contribution < -0.4 is 11.1 Å². The van der Waals surface area contributed by atoms with E-state index in [9.17, 15) is 19.2 Å². The van der Waals surface area contributed by atoms with Gasteiger partial charge in [-0.2, -0.15) is 0 Å². The maximum Gasteiger partial charge on any atom is 0.303 e. The van der Waals surface area contributed by atoms with Gasteiger partial charge in [0.15, 0.2) is 41.3 Å². The second kappa shape index (κ2) is 8.55. The number of amidine groups is 1. The summed E-state index contributed by atoms with van der Waals surface area (Å²) in [6.45, 7) is 3.32. The number of esters is 3. The summed E-state index contributed by atoms with van der Waals surface area (Å²) in [6, 6.07) is -0.923. The SMILES string of the molecule is CC(=O)OCC1O[C@@H](N2C(Br)=NC3C(=O)NC(N)=NC32)C(OC(C)=O)C1OC(C)=O. The average molecular weight is 490 g/mol. The third kappa shape index (κ3) is 4.38. The number of hydrogen-bond donors (Lipinski definition) is 2. The van der Waals surface area contributed by atoms with E-state index in [0.29, 0.717) is 0 Å². The van der Waals surface area contributed by atoms with Gasteiger partial charge >= 0.3 is 17.9 Å². The summed E-state index contributed by atoms with van der Waals surface area (Å²) in [6.07, 6.45) is -5.13. The molecule has 0 radical (unpaired) electrons. The van der Waals surface area contributed by atoms with Crippen LogP contribution in [0.2, 0.25) is 0 Å². The Kier molecular flexibility index (Phi) is 6.26. The molecule has 3 aliphatic rings. The molecule has 3 rings (SSSR count). The van der Waals surface area contributed by atoms with Crippen LogP contribution in [0.15, 0.2) is 9.98 Å². The van der Waals surface area contributed by atoms with Gasteiger partial charge in [0.1, 0.15) is 12.7 Å². The summed E-state index contributed by atoms with van der Waals surface area (Å²) >= 11 is 3.27. The molecule has 164 valence electrons. The first-order valence-corrected chi connectivity index (χ1v) is 9.66. The molecule has 13 nitrogen and oxygen atoms in total. The van der Waals surface area contributed by atoms with Gasteiger partial charge < -0.3 is 24.7 Å². The van der Waals surface area contributed by atoms with Crippen molar-refractivity contribution in [2.75, 3.05) is 6.61 Å². The Morgan fingerprint density at radius 3 is 2.37 bits per heavy atom. The largest absolute Gasteiger partial charge is 0.463 e. The van der Waals surface area contributed by atoms with Gasteiger partial charge in [0.2, 0.25) is 0 Å². The Morgan fingerprint density at radius 2 is 1.77 bits per heavy atom. The van der Waals surface area contributed by atoms with Crippen LogP contribution in [0.4, 0.5) is 0 Å². The highest BCUT2D eigenvalue weighted by Crippen LogP contribution is 2.36. The van der Waals surface area contributed by atoms with Crippen LogP contribution in [0.3, 0.4) is 0 Å². The fraction of sp³-hybridized carbons (Fsp3) is 0.625. The minimum Gasteiger partial charge on any atom is -0.463 e. The van der Waals surface area contributed by atoms with Crippen LogP contribution in [-0.2, 0) is 38.1 Å². The first-order valence-electron chi connectivity index (χ1n) is 8.87. The maximum absolute atomic E-state index is 12.2. The van der Waals surface area contributed by atoms with Gasteiger partial charge in [-0.3, -0.25) is 29.4 Å². The summed E-state index contributed by atoms with van der Waals surface area (Å²) in [7, 11) is 0. The first kappa shape index (κ1) is 22.0. The van der Waals surface area contributed by atoms with Gasteiger partial charge in [-0.1, -0.05) is 0 Å². The lowest BCUT2D eigenvalue weighted by atomic mass is 10.1. The Bertz CT molecular complexity index is 832. The normalized spacial score (nSPS) is 32.5. The lowest BCUT2D eigenvalue weighted by Gasteiger charge is -2.34. The minimum atomic E-state index is -1.13. The third-order valence-electron chi connectivity index (χ3n) is 4.43. The van der Waals surface area contributed by atoms with Gasteiger partial charge in [0.25, 0.3) is 5.91 Å². The molecular weight excluding hydrogens is 470 g/mol. The van der Waals surface area contributed by atoms with E-state index in [2.05, 4.69) is 31.2 Å². The molecule has 0 aliphatic carbocycles. The van der Waals surface area contributed by atoms with Crippen molar-refractivity contribution in [3.05, 3.63) is 0 Å². The molecule has 30 heavy (non-hydrogen) atoms. The number of aliphatic imine (C=N–C) groups is 2. The number of nitrogens with zero attached hydrogens (tertiary/aromatic N) is 3. The number of hydrogen-bond acceptors (Lipinski definition) is 12. The van der Waals surface area contributed by atoms with Crippen LogP contribution in [0.5, 0.6) is 0 Å². The topological polar surface area (TPSA) is 171 Å². The van der Waals surface area contributed by atoms with Crippen molar-refractivity contribution in [3.8, 4) is 0 Å². The standard InChI is InChI=1S/C16H20BrN5O8/c1-5(23)27-4-8-10(28-6(2)24)11(29-7(3)25)14(30-8)22-12-9(19-15(22)17)13(26)21-16(18)20-12/h8-12,14H,4H2,1-3H3,(H3,18,20,21,26)/t8?,9?,10?,11?,12?,14-/m1/s1. The van der Waals surface area contributed by atoms with Crippen molar-refractivity contribution >= 4 is 50.4 Å². The highest BCUT2D eigenvalue weighted by atomic mass is 79.9. The fourth-order valence-electron chi connectivity index (χ4n) is 3.38. The van der Waals surface area contributed by atoms with E-state index in [1.54, 1.807) is 0 Å². The summed E-state index contributed by atoms with van der Waals surface area (Å²) < 4.78 is 21.9. The van der Waals surface area contributed by atoms with Gasteiger partial charge in [-0.15, -0.1) is 0 Å². The molecule has 14 heteroatoms. The molecule has 0 spiro atoms. The zero-order valence-corrected chi connectivity index (χ0v) is 17.8. The second-order valence-corrected chi connectivity index (χ2v) is 7.39. The Labute approximate surface area is 179 Å². The van der Waals surface area contributed by atoms with Crippen molar-refractivity contribution in [2.45, 2.75) is 57.5 Å². The summed E-state index contributed by atoms with van der Waals surface area (Å²) in [4.78, 5) is 56.8. The van der Waals surface area contributed by atoms with Crippen molar-refractivity contribution in [1.29, 1.82) is 0 Å². The number of carbonyl (C=O) groups is 4. The Balaban J connectivity index is 1.96. The highest BCUT2D eigenvalue weighted by Gasteiger charge is 2.57. The van der Waals surface area contributed by atoms with Gasteiger partial charge in [-0.25, -0.2) is 9.98 Å². The van der Waals surface area contributed by atoms with E-state index in [-0.39, 0.29) is 17.3 Å². The molecule has 0 saturated carbocycles. The highest BCUT2D eigenvalue weighted by molar-refractivity contribution is 9.18. The van der Waals surface area contributed by atoms with E-state index in [0.717, 1.165) is 0 Å². The number of guanidine groups is 1. The summed E-state index contributed by atoms with van der Waals surface area (Å²) in [5.41, 5.74) is 5.68. The zero-order chi connectivity index (χ0) is 22.2. The van der Waals surface area contributed by atoms with Crippen LogP contribution >= 0.6 is 15.9 Å².